The van der Waals surface area contributed by atoms with Crippen molar-refractivity contribution in [3.63, 3.8) is 0 Å². The quantitative estimate of drug-likeness (QED) is 0.712. The molecule has 1 aliphatic rings. The standard InChI is InChI=1S/C23H23NO2/c1-24-22-15-18-9-5-6-10-21(18)23(22)26-20-13-11-19(12-14-20)25-16-17-7-3-2-4-8-17/h2-14,22-24H,15-16H2,1H3/t22-,23-/m1/s1. The number of fused-ring (bicyclic) bond motifs is 1. The van der Waals surface area contributed by atoms with Crippen LogP contribution in [0.15, 0.2) is 78.9 Å². The Morgan fingerprint density at radius 2 is 1.54 bits per heavy atom. The fraction of sp³-hybridized carbons (Fsp3) is 0.217. The molecule has 2 atom stereocenters. The van der Waals surface area contributed by atoms with Gasteiger partial charge in [0.2, 0.25) is 0 Å². The van der Waals surface area contributed by atoms with Crippen molar-refractivity contribution in [2.45, 2.75) is 25.2 Å². The minimum Gasteiger partial charge on any atom is -0.489 e. The number of likely N-dealkylation sites (N-methyl/N-ethyl adjacent to an activating group) is 1. The Morgan fingerprint density at radius 3 is 2.31 bits per heavy atom. The normalized spacial score (nSPS) is 18.3. The van der Waals surface area contributed by atoms with E-state index in [0.29, 0.717) is 12.6 Å². The van der Waals surface area contributed by atoms with Crippen molar-refractivity contribution in [2.24, 2.45) is 0 Å². The predicted molar refractivity (Wildman–Crippen MR) is 104 cm³/mol. The maximum absolute atomic E-state index is 6.31. The van der Waals surface area contributed by atoms with E-state index in [4.69, 9.17) is 9.47 Å². The Bertz CT molecular complexity index is 846. The average molecular weight is 345 g/mol. The summed E-state index contributed by atoms with van der Waals surface area (Å²) in [5.41, 5.74) is 3.79. The van der Waals surface area contributed by atoms with Crippen LogP contribution in [0.2, 0.25) is 0 Å². The van der Waals surface area contributed by atoms with Crippen LogP contribution in [0.5, 0.6) is 11.5 Å². The van der Waals surface area contributed by atoms with Crippen LogP contribution in [0.4, 0.5) is 0 Å². The average Bonchev–Trinajstić information content (AvgIpc) is 3.06. The number of hydrogen-bond acceptors (Lipinski definition) is 3. The van der Waals surface area contributed by atoms with Gasteiger partial charge in [0.1, 0.15) is 24.2 Å². The van der Waals surface area contributed by atoms with Crippen molar-refractivity contribution >= 4 is 0 Å². The molecule has 0 aromatic heterocycles. The molecule has 0 amide bonds. The maximum atomic E-state index is 6.31. The zero-order valence-corrected chi connectivity index (χ0v) is 14.9. The minimum absolute atomic E-state index is 0.0345. The van der Waals surface area contributed by atoms with E-state index in [2.05, 4.69) is 41.7 Å². The van der Waals surface area contributed by atoms with Crippen molar-refractivity contribution in [3.05, 3.63) is 95.6 Å². The van der Waals surface area contributed by atoms with Crippen molar-refractivity contribution in [2.75, 3.05) is 7.05 Å². The molecule has 0 heterocycles. The smallest absolute Gasteiger partial charge is 0.140 e. The monoisotopic (exact) mass is 345 g/mol. The lowest BCUT2D eigenvalue weighted by Gasteiger charge is -2.22. The van der Waals surface area contributed by atoms with Gasteiger partial charge in [0.05, 0.1) is 6.04 Å². The van der Waals surface area contributed by atoms with Gasteiger partial charge < -0.3 is 14.8 Å². The summed E-state index contributed by atoms with van der Waals surface area (Å²) in [5.74, 6) is 1.71. The molecule has 3 heteroatoms. The topological polar surface area (TPSA) is 30.5 Å². The second-order valence-electron chi connectivity index (χ2n) is 6.58. The van der Waals surface area contributed by atoms with Gasteiger partial charge in [-0.3, -0.25) is 0 Å². The van der Waals surface area contributed by atoms with Gasteiger partial charge in [-0.2, -0.15) is 0 Å². The van der Waals surface area contributed by atoms with Gasteiger partial charge in [-0.05, 0) is 54.4 Å². The molecule has 0 aliphatic heterocycles. The van der Waals surface area contributed by atoms with Crippen LogP contribution in [0.25, 0.3) is 0 Å². The first-order chi connectivity index (χ1) is 12.8. The zero-order chi connectivity index (χ0) is 17.8. The van der Waals surface area contributed by atoms with Crippen LogP contribution in [0.1, 0.15) is 22.8 Å². The number of ether oxygens (including phenoxy) is 2. The molecule has 3 aromatic carbocycles. The van der Waals surface area contributed by atoms with Gasteiger partial charge in [-0.25, -0.2) is 0 Å². The van der Waals surface area contributed by atoms with Crippen LogP contribution in [0.3, 0.4) is 0 Å². The van der Waals surface area contributed by atoms with Gasteiger partial charge in [0, 0.05) is 0 Å². The first-order valence-electron chi connectivity index (χ1n) is 9.02. The highest BCUT2D eigenvalue weighted by atomic mass is 16.5. The molecule has 26 heavy (non-hydrogen) atoms. The third kappa shape index (κ3) is 3.58. The first kappa shape index (κ1) is 16.7. The Morgan fingerprint density at radius 1 is 0.846 bits per heavy atom. The van der Waals surface area contributed by atoms with Gasteiger partial charge in [0.15, 0.2) is 0 Å². The molecule has 0 radical (unpaired) electrons. The molecule has 1 N–H and O–H groups in total. The molecular weight excluding hydrogens is 322 g/mol. The highest BCUT2D eigenvalue weighted by Gasteiger charge is 2.32. The zero-order valence-electron chi connectivity index (χ0n) is 14.9. The summed E-state index contributed by atoms with van der Waals surface area (Å²) in [7, 11) is 1.99. The van der Waals surface area contributed by atoms with Crippen molar-refractivity contribution in [1.82, 2.24) is 5.32 Å². The Kier molecular flexibility index (Phi) is 4.89. The second-order valence-corrected chi connectivity index (χ2v) is 6.58. The summed E-state index contributed by atoms with van der Waals surface area (Å²) >= 11 is 0. The van der Waals surface area contributed by atoms with Crippen molar-refractivity contribution < 1.29 is 9.47 Å². The Labute approximate surface area is 154 Å². The third-order valence-electron chi connectivity index (χ3n) is 4.87. The summed E-state index contributed by atoms with van der Waals surface area (Å²) < 4.78 is 12.2. The molecule has 4 rings (SSSR count). The Balaban J connectivity index is 1.42. The molecule has 0 saturated heterocycles. The summed E-state index contributed by atoms with van der Waals surface area (Å²) in [4.78, 5) is 0. The minimum atomic E-state index is 0.0345. The van der Waals surface area contributed by atoms with Gasteiger partial charge >= 0.3 is 0 Å². The van der Waals surface area contributed by atoms with E-state index in [-0.39, 0.29) is 6.10 Å². The molecule has 0 spiro atoms. The maximum Gasteiger partial charge on any atom is 0.140 e. The number of hydrogen-bond donors (Lipinski definition) is 1. The number of rotatable bonds is 6. The highest BCUT2D eigenvalue weighted by Crippen LogP contribution is 2.35. The SMILES string of the molecule is CN[C@@H]1Cc2ccccc2[C@H]1Oc1ccc(OCc2ccccc2)cc1. The Hall–Kier alpha value is -2.78. The van der Waals surface area contributed by atoms with E-state index in [1.54, 1.807) is 0 Å². The van der Waals surface area contributed by atoms with Crippen LogP contribution < -0.4 is 14.8 Å². The second kappa shape index (κ2) is 7.63. The third-order valence-corrected chi connectivity index (χ3v) is 4.87. The molecular formula is C23H23NO2. The summed E-state index contributed by atoms with van der Waals surface area (Å²) in [5, 5.41) is 3.38. The van der Waals surface area contributed by atoms with E-state index >= 15 is 0 Å². The molecule has 0 saturated carbocycles. The fourth-order valence-electron chi connectivity index (χ4n) is 3.46. The lowest BCUT2D eigenvalue weighted by Crippen LogP contribution is -2.32. The van der Waals surface area contributed by atoms with E-state index in [1.165, 1.54) is 11.1 Å². The summed E-state index contributed by atoms with van der Waals surface area (Å²) in [6, 6.07) is 26.9. The van der Waals surface area contributed by atoms with Crippen LogP contribution >= 0.6 is 0 Å². The molecule has 0 unspecified atom stereocenters. The largest absolute Gasteiger partial charge is 0.489 e. The van der Waals surface area contributed by atoms with Gasteiger partial charge in [0.25, 0.3) is 0 Å². The van der Waals surface area contributed by atoms with Gasteiger partial charge in [-0.15, -0.1) is 0 Å². The molecule has 0 fully saturated rings. The molecule has 0 bridgehead atoms. The van der Waals surface area contributed by atoms with Crippen LogP contribution in [-0.2, 0) is 13.0 Å². The lowest BCUT2D eigenvalue weighted by atomic mass is 10.1. The van der Waals surface area contributed by atoms with Gasteiger partial charge in [-0.1, -0.05) is 54.6 Å². The fourth-order valence-corrected chi connectivity index (χ4v) is 3.46. The van der Waals surface area contributed by atoms with E-state index in [0.717, 1.165) is 23.5 Å². The highest BCUT2D eigenvalue weighted by molar-refractivity contribution is 5.38. The van der Waals surface area contributed by atoms with E-state index in [9.17, 15) is 0 Å². The lowest BCUT2D eigenvalue weighted by molar-refractivity contribution is 0.172. The summed E-state index contributed by atoms with van der Waals surface area (Å²) in [6.07, 6.45) is 1.03. The van der Waals surface area contributed by atoms with Crippen LogP contribution in [0, 0.1) is 0 Å². The van der Waals surface area contributed by atoms with E-state index < -0.39 is 0 Å². The van der Waals surface area contributed by atoms with Crippen LogP contribution in [-0.4, -0.2) is 13.1 Å². The summed E-state index contributed by atoms with van der Waals surface area (Å²) in [6.45, 7) is 0.568. The van der Waals surface area contributed by atoms with Crippen molar-refractivity contribution in [3.8, 4) is 11.5 Å². The van der Waals surface area contributed by atoms with E-state index in [1.807, 2.05) is 49.5 Å². The number of benzene rings is 3. The predicted octanol–water partition coefficient (Wildman–Crippen LogP) is 4.53. The molecule has 3 nitrogen and oxygen atoms in total. The molecule has 3 aromatic rings. The first-order valence-corrected chi connectivity index (χ1v) is 9.02. The van der Waals surface area contributed by atoms with Crippen molar-refractivity contribution in [1.29, 1.82) is 0 Å². The number of nitrogens with one attached hydrogen (secondary N) is 1. The molecule has 132 valence electrons. The molecule has 1 aliphatic carbocycles.